The van der Waals surface area contributed by atoms with E-state index in [1.807, 2.05) is 30.3 Å². The number of anilines is 3. The van der Waals surface area contributed by atoms with Gasteiger partial charge in [-0.25, -0.2) is 9.37 Å². The number of hydrogen-bond donors (Lipinski definition) is 3. The van der Waals surface area contributed by atoms with Crippen LogP contribution in [0.3, 0.4) is 0 Å². The minimum atomic E-state index is -0.264. The van der Waals surface area contributed by atoms with E-state index in [0.29, 0.717) is 23.9 Å². The lowest BCUT2D eigenvalue weighted by Crippen LogP contribution is -3.00. The number of hydrogen-bond acceptors (Lipinski definition) is 3. The summed E-state index contributed by atoms with van der Waals surface area (Å²) in [6, 6.07) is 19.3. The fourth-order valence-electron chi connectivity index (χ4n) is 2.50. The molecule has 0 unspecified atom stereocenters. The van der Waals surface area contributed by atoms with Crippen molar-refractivity contribution in [3.63, 3.8) is 0 Å². The number of carbonyl (C=O) groups is 1. The fourth-order valence-corrected chi connectivity index (χ4v) is 2.50. The number of pyridine rings is 1. The van der Waals surface area contributed by atoms with Crippen LogP contribution in [0.4, 0.5) is 21.7 Å². The predicted octanol–water partition coefficient (Wildman–Crippen LogP) is 0.0193. The number of carbonyl (C=O) groups excluding carboxylic acids is 1. The summed E-state index contributed by atoms with van der Waals surface area (Å²) >= 11 is 0. The van der Waals surface area contributed by atoms with Crippen LogP contribution >= 0.6 is 0 Å². The van der Waals surface area contributed by atoms with Crippen LogP contribution in [0.2, 0.25) is 0 Å². The number of rotatable bonds is 6. The number of aromatic amines is 1. The lowest BCUT2D eigenvalue weighted by molar-refractivity contribution is -0.342. The number of H-pyrrole nitrogens is 1. The molecule has 0 aliphatic carbocycles. The van der Waals surface area contributed by atoms with Crippen molar-refractivity contribution < 1.29 is 26.6 Å². The van der Waals surface area contributed by atoms with E-state index < -0.39 is 0 Å². The van der Waals surface area contributed by atoms with Crippen LogP contribution in [-0.4, -0.2) is 5.91 Å². The van der Waals surface area contributed by atoms with E-state index in [2.05, 4.69) is 15.6 Å². The minimum Gasteiger partial charge on any atom is -1.00 e. The van der Waals surface area contributed by atoms with Crippen LogP contribution in [-0.2, 0) is 17.8 Å². The molecule has 3 aromatic rings. The second kappa shape index (κ2) is 9.54. The van der Waals surface area contributed by atoms with Crippen molar-refractivity contribution in [3.8, 4) is 0 Å². The lowest BCUT2D eigenvalue weighted by Gasteiger charge is -2.08. The quantitative estimate of drug-likeness (QED) is 0.558. The van der Waals surface area contributed by atoms with Gasteiger partial charge in [0.1, 0.15) is 11.5 Å². The van der Waals surface area contributed by atoms with E-state index >= 15 is 0 Å². The van der Waals surface area contributed by atoms with Crippen LogP contribution in [0.1, 0.15) is 11.1 Å². The van der Waals surface area contributed by atoms with Gasteiger partial charge < -0.3 is 28.8 Å². The Hall–Kier alpha value is -3.12. The molecule has 1 amide bonds. The van der Waals surface area contributed by atoms with Crippen LogP contribution in [0.5, 0.6) is 0 Å². The second-order valence-corrected chi connectivity index (χ2v) is 5.89. The average molecular weight is 387 g/mol. The Balaban J connectivity index is 0.00000261. The zero-order valence-electron chi connectivity index (χ0n) is 14.5. The molecule has 0 bridgehead atoms. The average Bonchev–Trinajstić information content (AvgIpc) is 2.64. The molecule has 0 saturated heterocycles. The first-order chi connectivity index (χ1) is 12.6. The maximum Gasteiger partial charge on any atom is 0.241 e. The summed E-state index contributed by atoms with van der Waals surface area (Å²) in [5.41, 5.74) is 8.40. The third kappa shape index (κ3) is 5.97. The van der Waals surface area contributed by atoms with Gasteiger partial charge in [0, 0.05) is 6.07 Å². The van der Waals surface area contributed by atoms with E-state index in [-0.39, 0.29) is 30.6 Å². The van der Waals surface area contributed by atoms with Crippen LogP contribution in [0.25, 0.3) is 0 Å². The maximum absolute atomic E-state index is 12.9. The second-order valence-electron chi connectivity index (χ2n) is 5.89. The molecule has 27 heavy (non-hydrogen) atoms. The van der Waals surface area contributed by atoms with Gasteiger partial charge in [-0.3, -0.25) is 4.79 Å². The maximum atomic E-state index is 12.9. The van der Waals surface area contributed by atoms with Gasteiger partial charge >= 0.3 is 0 Å². The first-order valence-electron chi connectivity index (χ1n) is 8.24. The fraction of sp³-hybridized carbons (Fsp3) is 0.100. The van der Waals surface area contributed by atoms with E-state index in [0.717, 1.165) is 11.1 Å². The Morgan fingerprint density at radius 2 is 1.67 bits per heavy atom. The summed E-state index contributed by atoms with van der Waals surface area (Å²) in [5, 5.41) is 5.97. The van der Waals surface area contributed by atoms with Gasteiger partial charge in [-0.05, 0) is 29.3 Å². The van der Waals surface area contributed by atoms with Gasteiger partial charge in [-0.2, -0.15) is 0 Å². The molecule has 3 rings (SSSR count). The van der Waals surface area contributed by atoms with Gasteiger partial charge in [-0.1, -0.05) is 42.5 Å². The molecule has 0 radical (unpaired) electrons. The van der Waals surface area contributed by atoms with E-state index in [9.17, 15) is 9.18 Å². The molecule has 1 heterocycles. The molecule has 1 aromatic heterocycles. The molecule has 5 N–H and O–H groups in total. The van der Waals surface area contributed by atoms with E-state index in [1.54, 1.807) is 24.3 Å². The van der Waals surface area contributed by atoms with Crippen molar-refractivity contribution in [2.24, 2.45) is 0 Å². The van der Waals surface area contributed by atoms with Crippen molar-refractivity contribution in [2.75, 3.05) is 16.4 Å². The van der Waals surface area contributed by atoms with Crippen LogP contribution < -0.4 is 33.8 Å². The molecular formula is C20H20ClFN4O. The third-order valence-electron chi connectivity index (χ3n) is 3.85. The Morgan fingerprint density at radius 3 is 2.33 bits per heavy atom. The van der Waals surface area contributed by atoms with Crippen LogP contribution in [0, 0.1) is 5.82 Å². The summed E-state index contributed by atoms with van der Waals surface area (Å²) in [5.74, 6) is 0.659. The Bertz CT molecular complexity index is 888. The SMILES string of the molecule is Nc1[nH+]c(NCc2ccc(F)cc2)ccc1NC(=O)Cc1ccccc1.[Cl-]. The number of benzene rings is 2. The number of nitrogens with one attached hydrogen (secondary N) is 3. The normalized spacial score (nSPS) is 9.96. The molecule has 5 nitrogen and oxygen atoms in total. The monoisotopic (exact) mass is 386 g/mol. The predicted molar refractivity (Wildman–Crippen MR) is 99.9 cm³/mol. The first kappa shape index (κ1) is 20.2. The Labute approximate surface area is 163 Å². The van der Waals surface area contributed by atoms with E-state index in [4.69, 9.17) is 5.73 Å². The molecule has 0 atom stereocenters. The highest BCUT2D eigenvalue weighted by Crippen LogP contribution is 2.16. The van der Waals surface area contributed by atoms with Crippen molar-refractivity contribution in [3.05, 3.63) is 83.7 Å². The van der Waals surface area contributed by atoms with Gasteiger partial charge in [0.2, 0.25) is 17.5 Å². The van der Waals surface area contributed by atoms with Gasteiger partial charge in [0.05, 0.1) is 13.0 Å². The largest absolute Gasteiger partial charge is 1.00 e. The van der Waals surface area contributed by atoms with Crippen LogP contribution in [0.15, 0.2) is 66.7 Å². The smallest absolute Gasteiger partial charge is 0.241 e. The topological polar surface area (TPSA) is 81.3 Å². The summed E-state index contributed by atoms with van der Waals surface area (Å²) in [6.07, 6.45) is 0.283. The molecule has 2 aromatic carbocycles. The highest BCUT2D eigenvalue weighted by Gasteiger charge is 2.11. The molecule has 0 fully saturated rings. The standard InChI is InChI=1S/C20H19FN4O.ClH/c21-16-8-6-15(7-9-16)13-23-18-11-10-17(20(22)25-18)24-19(26)12-14-4-2-1-3-5-14;/h1-11H,12-13H2,(H,24,26)(H3,22,23,25);1H. The molecule has 0 aliphatic rings. The third-order valence-corrected chi connectivity index (χ3v) is 3.85. The van der Waals surface area contributed by atoms with Crippen molar-refractivity contribution in [1.82, 2.24) is 0 Å². The molecule has 0 aliphatic heterocycles. The number of aromatic nitrogens is 1. The molecule has 0 spiro atoms. The first-order valence-corrected chi connectivity index (χ1v) is 8.24. The summed E-state index contributed by atoms with van der Waals surface area (Å²) < 4.78 is 12.9. The summed E-state index contributed by atoms with van der Waals surface area (Å²) in [4.78, 5) is 15.1. The zero-order chi connectivity index (χ0) is 18.4. The highest BCUT2D eigenvalue weighted by atomic mass is 35.5. The number of nitrogens with two attached hydrogens (primary N) is 1. The summed E-state index contributed by atoms with van der Waals surface area (Å²) in [6.45, 7) is 0.524. The molecular weight excluding hydrogens is 367 g/mol. The molecule has 7 heteroatoms. The van der Waals surface area contributed by atoms with E-state index in [1.165, 1.54) is 12.1 Å². The van der Waals surface area contributed by atoms with Gasteiger partial charge in [-0.15, -0.1) is 0 Å². The van der Waals surface area contributed by atoms with Crippen molar-refractivity contribution >= 4 is 23.2 Å². The number of amides is 1. The molecule has 140 valence electrons. The van der Waals surface area contributed by atoms with Gasteiger partial charge in [0.15, 0.2) is 0 Å². The van der Waals surface area contributed by atoms with Gasteiger partial charge in [0.25, 0.3) is 0 Å². The van der Waals surface area contributed by atoms with Crippen molar-refractivity contribution in [1.29, 1.82) is 0 Å². The lowest BCUT2D eigenvalue weighted by atomic mass is 10.1. The number of halogens is 2. The summed E-state index contributed by atoms with van der Waals surface area (Å²) in [7, 11) is 0. The molecule has 0 saturated carbocycles. The minimum absolute atomic E-state index is 0. The highest BCUT2D eigenvalue weighted by molar-refractivity contribution is 5.94. The number of nitrogen functional groups attached to an aromatic ring is 1. The Kier molecular flexibility index (Phi) is 7.14. The zero-order valence-corrected chi connectivity index (χ0v) is 15.3. The Morgan fingerprint density at radius 1 is 0.963 bits per heavy atom. The van der Waals surface area contributed by atoms with Crippen molar-refractivity contribution in [2.45, 2.75) is 13.0 Å².